The average molecular weight is 533 g/mol. The van der Waals surface area contributed by atoms with Crippen molar-refractivity contribution in [2.24, 2.45) is 11.3 Å². The van der Waals surface area contributed by atoms with Crippen LogP contribution in [0.2, 0.25) is 10.0 Å². The lowest BCUT2D eigenvalue weighted by molar-refractivity contribution is -0.157. The van der Waals surface area contributed by atoms with E-state index in [0.29, 0.717) is 35.2 Å². The molecule has 0 saturated carbocycles. The van der Waals surface area contributed by atoms with Crippen LogP contribution < -0.4 is 5.56 Å². The Morgan fingerprint density at radius 2 is 1.57 bits per heavy atom. The summed E-state index contributed by atoms with van der Waals surface area (Å²) < 4.78 is 1.87. The quantitative estimate of drug-likeness (QED) is 0.447. The smallest absolute Gasteiger partial charge is 0.250 e. The molecule has 0 N–H and O–H groups in total. The van der Waals surface area contributed by atoms with E-state index in [2.05, 4.69) is 4.90 Å². The average Bonchev–Trinajstić information content (AvgIpc) is 2.83. The van der Waals surface area contributed by atoms with Gasteiger partial charge in [-0.1, -0.05) is 35.3 Å². The van der Waals surface area contributed by atoms with Crippen LogP contribution in [0.5, 0.6) is 0 Å². The number of rotatable bonds is 4. The summed E-state index contributed by atoms with van der Waals surface area (Å²) in [4.78, 5) is 45.0. The topological polar surface area (TPSA) is 65.9 Å². The maximum atomic E-state index is 13.8. The van der Waals surface area contributed by atoms with Gasteiger partial charge in [-0.2, -0.15) is 0 Å². The fourth-order valence-electron chi connectivity index (χ4n) is 5.98. The van der Waals surface area contributed by atoms with E-state index >= 15 is 0 Å². The number of piperidine rings is 1. The highest BCUT2D eigenvalue weighted by Gasteiger charge is 2.56. The number of halogens is 2. The molecule has 2 amide bonds. The molecule has 0 radical (unpaired) electrons. The number of amides is 2. The zero-order chi connectivity index (χ0) is 25.1. The van der Waals surface area contributed by atoms with Gasteiger partial charge < -0.3 is 9.47 Å². The van der Waals surface area contributed by atoms with Crippen molar-refractivity contribution in [1.82, 2.24) is 19.3 Å². The van der Waals surface area contributed by atoms with E-state index in [4.69, 9.17) is 35.4 Å². The standard InChI is InChI=1S/C25H26Cl2N4O3S/c1-28-22(33)25(23(34)29(2)24(28)35,10-17-18(26)5-3-6-19(17)27)14-30-11-15-9-16(13-30)20-7-4-8-21(32)31(20)12-15/h3-8,15-16H,9-14H2,1-2H3/t15-,16+/m0/s1. The molecular weight excluding hydrogens is 507 g/mol. The van der Waals surface area contributed by atoms with Gasteiger partial charge in [0.05, 0.1) is 0 Å². The van der Waals surface area contributed by atoms with Crippen molar-refractivity contribution < 1.29 is 9.59 Å². The highest BCUT2D eigenvalue weighted by molar-refractivity contribution is 7.80. The first kappa shape index (κ1) is 24.4. The van der Waals surface area contributed by atoms with Crippen molar-refractivity contribution in [1.29, 1.82) is 0 Å². The third kappa shape index (κ3) is 4.00. The molecule has 1 aromatic carbocycles. The van der Waals surface area contributed by atoms with Crippen LogP contribution in [0.15, 0.2) is 41.2 Å². The molecule has 5 rings (SSSR count). The van der Waals surface area contributed by atoms with Gasteiger partial charge in [0.1, 0.15) is 5.41 Å². The highest BCUT2D eigenvalue weighted by atomic mass is 35.5. The minimum Gasteiger partial charge on any atom is -0.312 e. The van der Waals surface area contributed by atoms with E-state index in [-0.39, 0.29) is 47.3 Å². The third-order valence-corrected chi connectivity index (χ3v) is 8.85. The molecule has 7 nitrogen and oxygen atoms in total. The molecule has 3 aliphatic rings. The lowest BCUT2D eigenvalue weighted by Gasteiger charge is -2.48. The minimum absolute atomic E-state index is 0.0184. The van der Waals surface area contributed by atoms with Crippen molar-refractivity contribution in [2.75, 3.05) is 33.7 Å². The largest absolute Gasteiger partial charge is 0.312 e. The van der Waals surface area contributed by atoms with Gasteiger partial charge in [-0.15, -0.1) is 0 Å². The monoisotopic (exact) mass is 532 g/mol. The molecule has 2 aromatic rings. The van der Waals surface area contributed by atoms with Gasteiger partial charge in [0.2, 0.25) is 11.8 Å². The van der Waals surface area contributed by atoms with Crippen LogP contribution in [0.4, 0.5) is 0 Å². The van der Waals surface area contributed by atoms with Crippen molar-refractivity contribution in [3.05, 3.63) is 68.1 Å². The van der Waals surface area contributed by atoms with Gasteiger partial charge in [-0.3, -0.25) is 24.2 Å². The number of fused-ring (bicyclic) bond motifs is 4. The highest BCUT2D eigenvalue weighted by Crippen LogP contribution is 2.41. The zero-order valence-electron chi connectivity index (χ0n) is 19.5. The van der Waals surface area contributed by atoms with Crippen LogP contribution in [0, 0.1) is 11.3 Å². The van der Waals surface area contributed by atoms with Gasteiger partial charge in [-0.05, 0) is 54.7 Å². The summed E-state index contributed by atoms with van der Waals surface area (Å²) in [5.41, 5.74) is 0.173. The van der Waals surface area contributed by atoms with E-state index in [9.17, 15) is 14.4 Å². The Bertz CT molecular complexity index is 1250. The molecule has 2 fully saturated rings. The Morgan fingerprint density at radius 3 is 2.23 bits per heavy atom. The maximum Gasteiger partial charge on any atom is 0.250 e. The van der Waals surface area contributed by atoms with E-state index < -0.39 is 5.41 Å². The van der Waals surface area contributed by atoms with E-state index in [1.807, 2.05) is 10.6 Å². The van der Waals surface area contributed by atoms with Gasteiger partial charge in [0.25, 0.3) is 5.56 Å². The molecule has 0 unspecified atom stereocenters. The van der Waals surface area contributed by atoms with Crippen LogP contribution in [0.1, 0.15) is 23.6 Å². The molecule has 4 heterocycles. The Morgan fingerprint density at radius 1 is 0.943 bits per heavy atom. The van der Waals surface area contributed by atoms with Crippen molar-refractivity contribution in [3.8, 4) is 0 Å². The molecule has 1 aromatic heterocycles. The first-order valence-corrected chi connectivity index (χ1v) is 12.7. The number of likely N-dealkylation sites (tertiary alicyclic amines) is 1. The lowest BCUT2D eigenvalue weighted by Crippen LogP contribution is -2.67. The number of carbonyl (C=O) groups excluding carboxylic acids is 2. The first-order chi connectivity index (χ1) is 16.6. The molecule has 3 aliphatic heterocycles. The summed E-state index contributed by atoms with van der Waals surface area (Å²) in [6, 6.07) is 10.6. The number of pyridine rings is 1. The molecule has 2 bridgehead atoms. The van der Waals surface area contributed by atoms with Crippen LogP contribution in [0.25, 0.3) is 0 Å². The molecule has 10 heteroatoms. The van der Waals surface area contributed by atoms with Gasteiger partial charge in [-0.25, -0.2) is 0 Å². The predicted molar refractivity (Wildman–Crippen MR) is 139 cm³/mol. The molecular formula is C25H26Cl2N4O3S. The van der Waals surface area contributed by atoms with Crippen molar-refractivity contribution >= 4 is 52.3 Å². The summed E-state index contributed by atoms with van der Waals surface area (Å²) in [6.45, 7) is 2.19. The summed E-state index contributed by atoms with van der Waals surface area (Å²) in [7, 11) is 3.20. The Labute approximate surface area is 219 Å². The first-order valence-electron chi connectivity index (χ1n) is 11.6. The van der Waals surface area contributed by atoms with Crippen LogP contribution in [-0.2, 0) is 22.6 Å². The molecule has 2 saturated heterocycles. The molecule has 35 heavy (non-hydrogen) atoms. The van der Waals surface area contributed by atoms with Crippen LogP contribution >= 0.6 is 35.4 Å². The normalized spacial score (nSPS) is 24.1. The molecule has 2 atom stereocenters. The number of benzene rings is 1. The summed E-state index contributed by atoms with van der Waals surface area (Å²) in [5.74, 6) is -0.293. The predicted octanol–water partition coefficient (Wildman–Crippen LogP) is 3.02. The molecule has 184 valence electrons. The van der Waals surface area contributed by atoms with Crippen LogP contribution in [-0.4, -0.2) is 69.9 Å². The Balaban J connectivity index is 1.54. The van der Waals surface area contributed by atoms with E-state index in [1.54, 1.807) is 44.4 Å². The summed E-state index contributed by atoms with van der Waals surface area (Å²) >= 11 is 18.3. The second-order valence-electron chi connectivity index (χ2n) is 9.86. The number of aromatic nitrogens is 1. The lowest BCUT2D eigenvalue weighted by atomic mass is 9.75. The number of thiocarbonyl (C=S) groups is 1. The summed E-state index contributed by atoms with van der Waals surface area (Å²) in [6.07, 6.45) is 1.05. The van der Waals surface area contributed by atoms with Gasteiger partial charge >= 0.3 is 0 Å². The SMILES string of the molecule is CN1C(=O)C(Cc2c(Cl)cccc2Cl)(CN2C[C@@H]3C[C@H](C2)c2cccc(=O)n2C3)C(=O)N(C)C1=S. The second kappa shape index (κ2) is 9.00. The van der Waals surface area contributed by atoms with Crippen molar-refractivity contribution in [2.45, 2.75) is 25.3 Å². The summed E-state index contributed by atoms with van der Waals surface area (Å²) in [5, 5.41) is 1.00. The second-order valence-corrected chi connectivity index (χ2v) is 11.0. The fourth-order valence-corrected chi connectivity index (χ4v) is 6.68. The Hall–Kier alpha value is -2.26. The van der Waals surface area contributed by atoms with Gasteiger partial charge in [0.15, 0.2) is 5.11 Å². The maximum absolute atomic E-state index is 13.8. The molecule has 0 aliphatic carbocycles. The number of hydrogen-bond donors (Lipinski definition) is 0. The van der Waals surface area contributed by atoms with Gasteiger partial charge in [0, 0.05) is 68.0 Å². The Kier molecular flexibility index (Phi) is 6.28. The van der Waals surface area contributed by atoms with Crippen LogP contribution in [0.3, 0.4) is 0 Å². The number of nitrogens with zero attached hydrogens (tertiary/aromatic N) is 4. The van der Waals surface area contributed by atoms with E-state index in [1.165, 1.54) is 9.80 Å². The minimum atomic E-state index is -1.43. The molecule has 0 spiro atoms. The number of carbonyl (C=O) groups is 2. The third-order valence-electron chi connectivity index (χ3n) is 7.59. The number of hydrogen-bond acceptors (Lipinski definition) is 5. The zero-order valence-corrected chi connectivity index (χ0v) is 21.9. The fraction of sp³-hybridized carbons (Fsp3) is 0.440. The van der Waals surface area contributed by atoms with E-state index in [0.717, 1.165) is 12.1 Å². The van der Waals surface area contributed by atoms with Crippen molar-refractivity contribution in [3.63, 3.8) is 0 Å².